The minimum Gasteiger partial charge on any atom is -0.496 e. The van der Waals surface area contributed by atoms with Gasteiger partial charge in [0.15, 0.2) is 0 Å². The maximum atomic E-state index is 14.6. The van der Waals surface area contributed by atoms with Crippen molar-refractivity contribution in [3.63, 3.8) is 0 Å². The number of nitrogens with zero attached hydrogens (tertiary/aromatic N) is 2. The number of methoxy groups -OCH3 is 2. The van der Waals surface area contributed by atoms with Crippen LogP contribution in [0.3, 0.4) is 0 Å². The molecule has 0 unspecified atom stereocenters. The molecule has 15 heteroatoms. The summed E-state index contributed by atoms with van der Waals surface area (Å²) in [6, 6.07) is 14.2. The number of benzene rings is 2. The molecule has 4 heterocycles. The number of aromatic nitrogens is 2. The zero-order valence-electron chi connectivity index (χ0n) is 31.2. The summed E-state index contributed by atoms with van der Waals surface area (Å²) in [6.07, 6.45) is 1.54. The minimum absolute atomic E-state index is 0.0307. The van der Waals surface area contributed by atoms with Crippen LogP contribution in [-0.2, 0) is 35.3 Å². The Hall–Kier alpha value is -4.92. The molecule has 5 N–H and O–H groups in total. The molecule has 4 aromatic rings. The number of halogens is 4. The molecule has 2 fully saturated rings. The summed E-state index contributed by atoms with van der Waals surface area (Å²) < 4.78 is 55.0. The average Bonchev–Trinajstić information content (AvgIpc) is 3.81. The van der Waals surface area contributed by atoms with Crippen LogP contribution in [0.2, 0.25) is 5.02 Å². The molecular formula is C41H45ClF3N7O4. The highest BCUT2D eigenvalue weighted by Gasteiger charge is 2.37. The molecule has 3 aliphatic rings. The molecule has 2 aromatic heterocycles. The maximum Gasteiger partial charge on any atom is 0.419 e. The summed E-state index contributed by atoms with van der Waals surface area (Å²) in [5, 5.41) is 15.9. The number of hydrogen-bond donors (Lipinski definition) is 5. The highest BCUT2D eigenvalue weighted by Crippen LogP contribution is 2.44. The molecule has 0 spiro atoms. The van der Waals surface area contributed by atoms with Gasteiger partial charge in [-0.15, -0.1) is 0 Å². The lowest BCUT2D eigenvalue weighted by Crippen LogP contribution is -2.35. The summed E-state index contributed by atoms with van der Waals surface area (Å²) in [5.74, 6) is 0.509. The Morgan fingerprint density at radius 2 is 1.57 bits per heavy atom. The van der Waals surface area contributed by atoms with Gasteiger partial charge in [0.05, 0.1) is 36.5 Å². The van der Waals surface area contributed by atoms with E-state index in [0.717, 1.165) is 52.3 Å². The number of amides is 2. The second-order valence-corrected chi connectivity index (χ2v) is 14.8. The van der Waals surface area contributed by atoms with E-state index in [1.165, 1.54) is 7.11 Å². The number of carbonyl (C=O) groups excluding carboxylic acids is 2. The number of carbonyl (C=O) groups is 2. The van der Waals surface area contributed by atoms with E-state index in [2.05, 4.69) is 36.6 Å². The summed E-state index contributed by atoms with van der Waals surface area (Å²) in [5.41, 5.74) is 5.20. The molecule has 296 valence electrons. The van der Waals surface area contributed by atoms with Crippen LogP contribution >= 0.6 is 11.6 Å². The highest BCUT2D eigenvalue weighted by molar-refractivity contribution is 6.35. The third kappa shape index (κ3) is 8.72. The Morgan fingerprint density at radius 3 is 2.21 bits per heavy atom. The van der Waals surface area contributed by atoms with Crippen molar-refractivity contribution in [3.05, 3.63) is 87.6 Å². The zero-order valence-corrected chi connectivity index (χ0v) is 32.0. The van der Waals surface area contributed by atoms with Crippen molar-refractivity contribution in [2.75, 3.05) is 32.6 Å². The van der Waals surface area contributed by atoms with Crippen LogP contribution < -0.4 is 36.1 Å². The number of pyridine rings is 2. The third-order valence-corrected chi connectivity index (χ3v) is 11.1. The Bertz CT molecular complexity index is 2100. The van der Waals surface area contributed by atoms with Crippen LogP contribution in [0.1, 0.15) is 72.4 Å². The van der Waals surface area contributed by atoms with E-state index in [1.54, 1.807) is 13.3 Å². The molecule has 56 heavy (non-hydrogen) atoms. The first kappa shape index (κ1) is 39.3. The van der Waals surface area contributed by atoms with Crippen molar-refractivity contribution in [3.8, 4) is 34.0 Å². The van der Waals surface area contributed by atoms with Gasteiger partial charge in [-0.3, -0.25) is 14.6 Å². The fraction of sp³-hybridized carbons (Fsp3) is 0.415. The standard InChI is InChI=1S/C41H45ClF3N7O4/c1-55-34-18-23(9-10-24(34)19-46-21-26-11-13-35(53)49-26)38-37(42)31(15-16-48-38)29-5-3-7-30-28(29)6-4-8-33(30)51-39-32(41(43,44)45)17-25(40(52-39)56-2)20-47-22-27-12-14-36(54)50-27/h3,5,7,9-10,15-18,26-27,33,46-47H,4,6,8,11-14,19-22H2,1-2H3,(H,49,53)(H,50,54)(H,51,52)/t26-,27-,33-/m1/s1. The van der Waals surface area contributed by atoms with Crippen molar-refractivity contribution in [1.82, 2.24) is 31.2 Å². The minimum atomic E-state index is -4.68. The van der Waals surface area contributed by atoms with Gasteiger partial charge in [-0.25, -0.2) is 0 Å². The zero-order chi connectivity index (χ0) is 39.4. The van der Waals surface area contributed by atoms with Gasteiger partial charge in [-0.05, 0) is 67.0 Å². The third-order valence-electron chi connectivity index (χ3n) is 10.7. The predicted octanol–water partition coefficient (Wildman–Crippen LogP) is 6.73. The van der Waals surface area contributed by atoms with Crippen LogP contribution in [0.4, 0.5) is 19.0 Å². The van der Waals surface area contributed by atoms with Gasteiger partial charge in [-0.2, -0.15) is 18.2 Å². The Labute approximate surface area is 328 Å². The molecule has 2 amide bonds. The van der Waals surface area contributed by atoms with E-state index in [1.807, 2.05) is 42.5 Å². The second kappa shape index (κ2) is 17.1. The molecule has 0 radical (unpaired) electrons. The molecular weight excluding hydrogens is 747 g/mol. The largest absolute Gasteiger partial charge is 0.496 e. The lowest BCUT2D eigenvalue weighted by molar-refractivity contribution is -0.137. The van der Waals surface area contributed by atoms with Gasteiger partial charge in [0.25, 0.3) is 0 Å². The first-order valence-corrected chi connectivity index (χ1v) is 19.3. The molecule has 3 atom stereocenters. The molecule has 2 saturated heterocycles. The van der Waals surface area contributed by atoms with Crippen molar-refractivity contribution < 1.29 is 32.2 Å². The van der Waals surface area contributed by atoms with Crippen molar-refractivity contribution in [2.24, 2.45) is 0 Å². The Morgan fingerprint density at radius 1 is 0.857 bits per heavy atom. The fourth-order valence-corrected chi connectivity index (χ4v) is 8.22. The van der Waals surface area contributed by atoms with Gasteiger partial charge in [-0.1, -0.05) is 41.9 Å². The van der Waals surface area contributed by atoms with Crippen LogP contribution in [0, 0.1) is 0 Å². The first-order valence-electron chi connectivity index (χ1n) is 18.9. The Balaban J connectivity index is 1.12. The van der Waals surface area contributed by atoms with E-state index >= 15 is 0 Å². The van der Waals surface area contributed by atoms with E-state index in [4.69, 9.17) is 21.1 Å². The number of hydrogen-bond acceptors (Lipinski definition) is 9. The SMILES string of the molecule is COc1cc(-c2nccc(-c3cccc4c3CCC[C@H]4Nc3nc(OC)c(CNC[C@H]4CCC(=O)N4)cc3C(F)(F)F)c2Cl)ccc1CNC[C@H]1CCC(=O)N1. The van der Waals surface area contributed by atoms with Crippen LogP contribution in [0.15, 0.2) is 54.7 Å². The van der Waals surface area contributed by atoms with E-state index in [0.29, 0.717) is 68.2 Å². The van der Waals surface area contributed by atoms with Gasteiger partial charge in [0.2, 0.25) is 17.7 Å². The quantitative estimate of drug-likeness (QED) is 0.0942. The summed E-state index contributed by atoms with van der Waals surface area (Å²) in [4.78, 5) is 32.1. The van der Waals surface area contributed by atoms with Crippen molar-refractivity contribution in [2.45, 2.75) is 82.3 Å². The van der Waals surface area contributed by atoms with E-state index in [-0.39, 0.29) is 47.7 Å². The van der Waals surface area contributed by atoms with E-state index in [9.17, 15) is 22.8 Å². The topological polar surface area (TPSA) is 139 Å². The lowest BCUT2D eigenvalue weighted by atomic mass is 9.83. The van der Waals surface area contributed by atoms with Gasteiger partial charge >= 0.3 is 6.18 Å². The number of alkyl halides is 3. The summed E-state index contributed by atoms with van der Waals surface area (Å²) in [6.45, 7) is 1.72. The smallest absolute Gasteiger partial charge is 0.419 e. The van der Waals surface area contributed by atoms with Crippen molar-refractivity contribution in [1.29, 1.82) is 0 Å². The molecule has 11 nitrogen and oxygen atoms in total. The molecule has 0 bridgehead atoms. The number of fused-ring (bicyclic) bond motifs is 1. The molecule has 0 saturated carbocycles. The molecule has 2 aliphatic heterocycles. The molecule has 1 aliphatic carbocycles. The Kier molecular flexibility index (Phi) is 12.0. The number of nitrogens with one attached hydrogen (secondary N) is 5. The second-order valence-electron chi connectivity index (χ2n) is 14.4. The van der Waals surface area contributed by atoms with Crippen LogP contribution in [0.25, 0.3) is 22.4 Å². The lowest BCUT2D eigenvalue weighted by Gasteiger charge is -2.30. The highest BCUT2D eigenvalue weighted by atomic mass is 35.5. The normalized spacial score (nSPS) is 19.4. The number of anilines is 1. The summed E-state index contributed by atoms with van der Waals surface area (Å²) >= 11 is 7.15. The van der Waals surface area contributed by atoms with E-state index < -0.39 is 17.8 Å². The van der Waals surface area contributed by atoms with Crippen molar-refractivity contribution >= 4 is 29.2 Å². The monoisotopic (exact) mass is 791 g/mol. The number of rotatable bonds is 14. The number of ether oxygens (including phenoxy) is 2. The van der Waals surface area contributed by atoms with Crippen LogP contribution in [-0.4, -0.2) is 61.2 Å². The summed E-state index contributed by atoms with van der Waals surface area (Å²) in [7, 11) is 3.00. The first-order chi connectivity index (χ1) is 27.0. The average molecular weight is 792 g/mol. The maximum absolute atomic E-state index is 14.6. The van der Waals surface area contributed by atoms with Gasteiger partial charge in [0, 0.05) is 79.6 Å². The molecule has 2 aromatic carbocycles. The molecule has 7 rings (SSSR count). The van der Waals surface area contributed by atoms with Crippen LogP contribution in [0.5, 0.6) is 11.6 Å². The van der Waals surface area contributed by atoms with Gasteiger partial charge < -0.3 is 36.1 Å². The predicted molar refractivity (Wildman–Crippen MR) is 208 cm³/mol. The fourth-order valence-electron chi connectivity index (χ4n) is 7.90. The van der Waals surface area contributed by atoms with Gasteiger partial charge in [0.1, 0.15) is 11.6 Å².